The van der Waals surface area contributed by atoms with Gasteiger partial charge < -0.3 is 24.5 Å². The first-order valence-corrected chi connectivity index (χ1v) is 22.7. The number of rotatable bonds is 10. The van der Waals surface area contributed by atoms with E-state index in [-0.39, 0.29) is 23.1 Å². The molecule has 5 aromatic rings. The summed E-state index contributed by atoms with van der Waals surface area (Å²) in [5.41, 5.74) is 8.26. The zero-order chi connectivity index (χ0) is 45.1. The molecule has 2 aliphatic carbocycles. The molecule has 0 radical (unpaired) electrons. The molecule has 5 heterocycles. The van der Waals surface area contributed by atoms with E-state index in [1.54, 1.807) is 35.7 Å². The lowest BCUT2D eigenvalue weighted by molar-refractivity contribution is -0.112. The third-order valence-electron chi connectivity index (χ3n) is 12.7. The highest BCUT2D eigenvalue weighted by atomic mass is 35.5. The quantitative estimate of drug-likeness (QED) is 0.0901. The van der Waals surface area contributed by atoms with Gasteiger partial charge in [-0.15, -0.1) is 21.5 Å². The van der Waals surface area contributed by atoms with Gasteiger partial charge in [0.1, 0.15) is 58.1 Å². The fourth-order valence-electron chi connectivity index (χ4n) is 8.99. The van der Waals surface area contributed by atoms with Gasteiger partial charge in [0.25, 0.3) is 5.91 Å². The Morgan fingerprint density at radius 3 is 2.44 bits per heavy atom. The summed E-state index contributed by atoms with van der Waals surface area (Å²) in [6.45, 7) is 7.42. The standard InChI is InChI=1S/C34H36FN9O3S.C13H14ClNO/c1-18-19(2)48-33-29(18)30(40-26(15-28-39-10-13-46-28)32-42-41-20(3)44(32)33)23-5-4-21(14-24(23)35)47-22-16-34(17-22)8-11-43(12-9-34)27(37)7-6-25(36)31(38)45;14-13-8-12(7-6-10(13)9-15)16-11-4-2-1-3-5-11/h4-7,10,13-14,22,26,36-37H,8-9,11-12,15-17H2,1-3H3,(H2,38,45);6-8,11H,1-5H2/b7-6-,36-25?,37-27?;. The number of hydrogen-bond donors (Lipinski definition) is 3. The van der Waals surface area contributed by atoms with Crippen LogP contribution in [-0.2, 0) is 11.2 Å². The zero-order valence-electron chi connectivity index (χ0n) is 36.0. The second kappa shape index (κ2) is 18.9. The second-order valence-corrected chi connectivity index (χ2v) is 18.5. The molecule has 0 bridgehead atoms. The molecule has 1 spiro atoms. The number of nitrogens with one attached hydrogen (secondary N) is 2. The average molecular weight is 906 g/mol. The van der Waals surface area contributed by atoms with Crippen molar-refractivity contribution < 1.29 is 23.1 Å². The molecular weight excluding hydrogens is 855 g/mol. The first-order valence-electron chi connectivity index (χ1n) is 21.5. The lowest BCUT2D eigenvalue weighted by Crippen LogP contribution is -2.51. The topological polar surface area (TPSA) is 205 Å². The minimum absolute atomic E-state index is 0.0154. The lowest BCUT2D eigenvalue weighted by Gasteiger charge is -2.52. The summed E-state index contributed by atoms with van der Waals surface area (Å²) < 4.78 is 35.8. The molecule has 1 amide bonds. The van der Waals surface area contributed by atoms with Gasteiger partial charge in [-0.3, -0.25) is 25.2 Å². The van der Waals surface area contributed by atoms with E-state index in [1.165, 1.54) is 43.7 Å². The molecule has 1 atom stereocenters. The average Bonchev–Trinajstić information content (AvgIpc) is 3.98. The van der Waals surface area contributed by atoms with Gasteiger partial charge in [-0.2, -0.15) is 5.26 Å². The molecule has 17 heteroatoms. The number of halogens is 2. The van der Waals surface area contributed by atoms with Crippen molar-refractivity contribution in [1.82, 2.24) is 24.6 Å². The van der Waals surface area contributed by atoms with Crippen LogP contribution in [0.4, 0.5) is 4.39 Å². The summed E-state index contributed by atoms with van der Waals surface area (Å²) in [5.74, 6) is 2.18. The number of aliphatic imine (C=N–C) groups is 1. The van der Waals surface area contributed by atoms with Crippen molar-refractivity contribution in [2.75, 3.05) is 13.1 Å². The number of amides is 1. The van der Waals surface area contributed by atoms with Crippen molar-refractivity contribution in [1.29, 1.82) is 16.1 Å². The predicted octanol–water partition coefficient (Wildman–Crippen LogP) is 9.10. The maximum atomic E-state index is 16.1. The molecule has 4 aliphatic rings. The Labute approximate surface area is 380 Å². The number of nitrogens with zero attached hydrogens (tertiary/aromatic N) is 7. The van der Waals surface area contributed by atoms with Crippen molar-refractivity contribution in [3.05, 3.63) is 117 Å². The highest BCUT2D eigenvalue weighted by molar-refractivity contribution is 7.15. The van der Waals surface area contributed by atoms with E-state index in [0.29, 0.717) is 64.9 Å². The van der Waals surface area contributed by atoms with Gasteiger partial charge in [-0.1, -0.05) is 18.0 Å². The molecule has 64 heavy (non-hydrogen) atoms. The van der Waals surface area contributed by atoms with Crippen molar-refractivity contribution >= 4 is 46.1 Å². The molecule has 9 rings (SSSR count). The second-order valence-electron chi connectivity index (χ2n) is 16.9. The summed E-state index contributed by atoms with van der Waals surface area (Å²) in [4.78, 5) is 23.6. The third-order valence-corrected chi connectivity index (χ3v) is 14.2. The smallest absolute Gasteiger partial charge is 0.266 e. The number of ether oxygens (including phenoxy) is 2. The number of benzene rings is 2. The van der Waals surface area contributed by atoms with Crippen LogP contribution in [0.15, 0.2) is 70.4 Å². The minimum atomic E-state index is -0.819. The molecule has 2 aromatic carbocycles. The van der Waals surface area contributed by atoms with Gasteiger partial charge >= 0.3 is 0 Å². The highest BCUT2D eigenvalue weighted by Crippen LogP contribution is 2.50. The molecule has 1 saturated heterocycles. The molecule has 2 saturated carbocycles. The maximum absolute atomic E-state index is 16.1. The predicted molar refractivity (Wildman–Crippen MR) is 243 cm³/mol. The van der Waals surface area contributed by atoms with E-state index in [9.17, 15) is 4.79 Å². The monoisotopic (exact) mass is 904 g/mol. The number of piperidine rings is 1. The van der Waals surface area contributed by atoms with Crippen LogP contribution in [-0.4, -0.2) is 73.1 Å². The van der Waals surface area contributed by atoms with Crippen LogP contribution < -0.4 is 15.2 Å². The van der Waals surface area contributed by atoms with E-state index in [1.807, 2.05) is 41.5 Å². The van der Waals surface area contributed by atoms with Gasteiger partial charge in [-0.05, 0) is 120 Å². The van der Waals surface area contributed by atoms with Gasteiger partial charge in [0, 0.05) is 41.2 Å². The number of hydrogen-bond acceptors (Lipinski definition) is 12. The number of amidine groups is 1. The fourth-order valence-corrected chi connectivity index (χ4v) is 10.4. The van der Waals surface area contributed by atoms with Crippen LogP contribution in [0, 0.1) is 54.2 Å². The lowest BCUT2D eigenvalue weighted by atomic mass is 9.61. The molecule has 1 unspecified atom stereocenters. The number of likely N-dealkylation sites (tertiary alicyclic amines) is 1. The van der Waals surface area contributed by atoms with Gasteiger partial charge in [0.15, 0.2) is 11.7 Å². The molecule has 332 valence electrons. The van der Waals surface area contributed by atoms with Gasteiger partial charge in [0.2, 0.25) is 0 Å². The van der Waals surface area contributed by atoms with Crippen LogP contribution in [0.5, 0.6) is 11.5 Å². The van der Waals surface area contributed by atoms with E-state index in [0.717, 1.165) is 71.1 Å². The van der Waals surface area contributed by atoms with E-state index < -0.39 is 17.8 Å². The Kier molecular flexibility index (Phi) is 13.1. The van der Waals surface area contributed by atoms with E-state index in [4.69, 9.17) is 52.3 Å². The summed E-state index contributed by atoms with van der Waals surface area (Å²) in [6.07, 6.45) is 16.1. The summed E-state index contributed by atoms with van der Waals surface area (Å²) in [6, 6.07) is 11.8. The number of nitrogens with two attached hydrogens (primary N) is 1. The molecule has 3 fully saturated rings. The van der Waals surface area contributed by atoms with E-state index >= 15 is 4.39 Å². The largest absolute Gasteiger partial charge is 0.490 e. The van der Waals surface area contributed by atoms with Crippen molar-refractivity contribution in [3.63, 3.8) is 0 Å². The molecule has 3 aromatic heterocycles. The first-order chi connectivity index (χ1) is 30.8. The summed E-state index contributed by atoms with van der Waals surface area (Å²) >= 11 is 7.56. The number of nitriles is 1. The number of fused-ring (bicyclic) bond motifs is 3. The Morgan fingerprint density at radius 2 is 1.77 bits per heavy atom. The van der Waals surface area contributed by atoms with Gasteiger partial charge in [-0.25, -0.2) is 9.37 Å². The van der Waals surface area contributed by atoms with Crippen LogP contribution in [0.3, 0.4) is 0 Å². The number of aryl methyl sites for hydroxylation is 2. The highest BCUT2D eigenvalue weighted by Gasteiger charge is 2.47. The van der Waals surface area contributed by atoms with Crippen LogP contribution >= 0.6 is 22.9 Å². The number of thiophene rings is 1. The maximum Gasteiger partial charge on any atom is 0.266 e. The summed E-state index contributed by atoms with van der Waals surface area (Å²) in [7, 11) is 0. The molecule has 14 nitrogen and oxygen atoms in total. The normalized spacial score (nSPS) is 18.2. The number of aromatic nitrogens is 4. The van der Waals surface area contributed by atoms with Crippen LogP contribution in [0.25, 0.3) is 5.00 Å². The van der Waals surface area contributed by atoms with Gasteiger partial charge in [0.05, 0.1) is 41.1 Å². The fraction of sp³-hybridized carbons (Fsp3) is 0.404. The zero-order valence-corrected chi connectivity index (χ0v) is 37.6. The van der Waals surface area contributed by atoms with E-state index in [2.05, 4.69) is 22.1 Å². The number of carbonyl (C=O) groups is 1. The Balaban J connectivity index is 0.000000294. The van der Waals surface area contributed by atoms with Crippen molar-refractivity contribution in [2.24, 2.45) is 16.1 Å². The van der Waals surface area contributed by atoms with Crippen LogP contribution in [0.1, 0.15) is 108 Å². The molecule has 4 N–H and O–H groups in total. The SMILES string of the molecule is Cc1sc2c(c1C)C(c1ccc(OC3CC4(CCN(C(=N)/C=C\C(=N)C(N)=O)CC4)C3)cc1F)=NC(Cc1ncco1)c1nnc(C)n1-2.N#Cc1ccc(OC2CCCCC2)cc1Cl. The number of oxazole rings is 1. The Hall–Kier alpha value is -6.18. The van der Waals surface area contributed by atoms with Crippen molar-refractivity contribution in [3.8, 4) is 22.6 Å². The molecular formula is C47H50ClFN10O4S. The molecule has 2 aliphatic heterocycles. The van der Waals surface area contributed by atoms with Crippen molar-refractivity contribution in [2.45, 2.75) is 103 Å². The Bertz CT molecular complexity index is 2660. The van der Waals surface area contributed by atoms with Crippen LogP contribution in [0.2, 0.25) is 5.02 Å². The number of primary amides is 1. The number of carbonyl (C=O) groups excluding carboxylic acids is 1. The third kappa shape index (κ3) is 9.51. The first kappa shape index (κ1) is 44.4. The summed E-state index contributed by atoms with van der Waals surface area (Å²) in [5, 5.41) is 34.8. The minimum Gasteiger partial charge on any atom is -0.490 e. The Morgan fingerprint density at radius 1 is 1.05 bits per heavy atom.